The van der Waals surface area contributed by atoms with Gasteiger partial charge in [-0.05, 0) is 19.8 Å². The van der Waals surface area contributed by atoms with Gasteiger partial charge in [-0.25, -0.2) is 9.97 Å². The van der Waals surface area contributed by atoms with E-state index < -0.39 is 12.7 Å². The first-order chi connectivity index (χ1) is 9.17. The van der Waals surface area contributed by atoms with E-state index in [0.717, 1.165) is 0 Å². The fraction of sp³-hybridized carbons (Fsp3) is 0.692. The Hall–Kier alpha value is -1.53. The van der Waals surface area contributed by atoms with Gasteiger partial charge in [-0.3, -0.25) is 0 Å². The zero-order chi connectivity index (χ0) is 15.5. The summed E-state index contributed by atoms with van der Waals surface area (Å²) in [5.41, 5.74) is 0.702. The molecule has 0 fully saturated rings. The maximum absolute atomic E-state index is 12.8. The van der Waals surface area contributed by atoms with E-state index in [0.29, 0.717) is 17.2 Å². The third kappa shape index (κ3) is 3.98. The highest BCUT2D eigenvalue weighted by atomic mass is 19.4. The Morgan fingerprint density at radius 2 is 1.80 bits per heavy atom. The quantitative estimate of drug-likeness (QED) is 0.902. The summed E-state index contributed by atoms with van der Waals surface area (Å²) in [6, 6.07) is -0.311. The topological polar surface area (TPSA) is 41.1 Å². The molecule has 0 unspecified atom stereocenters. The fourth-order valence-electron chi connectivity index (χ4n) is 2.04. The van der Waals surface area contributed by atoms with E-state index in [1.165, 1.54) is 11.2 Å². The maximum Gasteiger partial charge on any atom is 0.405 e. The average Bonchev–Trinajstić information content (AvgIpc) is 2.33. The molecule has 0 saturated heterocycles. The smallest absolute Gasteiger partial charge is 0.373 e. The number of nitrogens with one attached hydrogen (secondary N) is 1. The minimum atomic E-state index is -4.27. The second-order valence-corrected chi connectivity index (χ2v) is 5.20. The zero-order valence-corrected chi connectivity index (χ0v) is 12.4. The molecule has 0 aliphatic carbocycles. The second kappa shape index (κ2) is 6.28. The Labute approximate surface area is 117 Å². The van der Waals surface area contributed by atoms with E-state index in [-0.39, 0.29) is 12.0 Å². The second-order valence-electron chi connectivity index (χ2n) is 5.20. The number of anilines is 2. The number of nitrogens with zero attached hydrogens (tertiary/aromatic N) is 3. The zero-order valence-electron chi connectivity index (χ0n) is 12.4. The molecule has 0 saturated carbocycles. The molecule has 114 valence electrons. The largest absolute Gasteiger partial charge is 0.405 e. The molecule has 0 bridgehead atoms. The minimum Gasteiger partial charge on any atom is -0.373 e. The molecule has 0 aliphatic rings. The highest BCUT2D eigenvalue weighted by Crippen LogP contribution is 2.33. The van der Waals surface area contributed by atoms with Gasteiger partial charge in [-0.15, -0.1) is 0 Å². The molecule has 0 aliphatic heterocycles. The molecule has 0 radical (unpaired) electrons. The Morgan fingerprint density at radius 1 is 1.20 bits per heavy atom. The normalized spacial score (nSPS) is 12.1. The van der Waals surface area contributed by atoms with E-state index in [1.54, 1.807) is 20.9 Å². The highest BCUT2D eigenvalue weighted by Gasteiger charge is 2.34. The lowest BCUT2D eigenvalue weighted by Gasteiger charge is -2.31. The van der Waals surface area contributed by atoms with Gasteiger partial charge in [-0.2, -0.15) is 13.2 Å². The van der Waals surface area contributed by atoms with E-state index >= 15 is 0 Å². The van der Waals surface area contributed by atoms with Crippen LogP contribution in [0.5, 0.6) is 0 Å². The van der Waals surface area contributed by atoms with E-state index in [9.17, 15) is 13.2 Å². The molecule has 0 amide bonds. The van der Waals surface area contributed by atoms with Gasteiger partial charge in [-0.1, -0.05) is 13.8 Å². The lowest BCUT2D eigenvalue weighted by molar-refractivity contribution is -0.120. The van der Waals surface area contributed by atoms with Crippen LogP contribution in [0.2, 0.25) is 0 Å². The number of aromatic nitrogens is 2. The van der Waals surface area contributed by atoms with Crippen LogP contribution in [-0.4, -0.2) is 35.8 Å². The predicted octanol–water partition coefficient (Wildman–Crippen LogP) is 3.42. The number of rotatable bonds is 5. The van der Waals surface area contributed by atoms with Crippen LogP contribution in [0.4, 0.5) is 24.8 Å². The first-order valence-electron chi connectivity index (χ1n) is 6.53. The summed E-state index contributed by atoms with van der Waals surface area (Å²) in [5, 5.41) is 2.91. The highest BCUT2D eigenvalue weighted by molar-refractivity contribution is 5.60. The van der Waals surface area contributed by atoms with Gasteiger partial charge in [0.1, 0.15) is 24.5 Å². The summed E-state index contributed by atoms with van der Waals surface area (Å²) in [6.45, 7) is 6.24. The summed E-state index contributed by atoms with van der Waals surface area (Å²) in [6.07, 6.45) is -2.98. The molecule has 1 aromatic rings. The van der Waals surface area contributed by atoms with Crippen LogP contribution < -0.4 is 10.2 Å². The van der Waals surface area contributed by atoms with Crippen molar-refractivity contribution < 1.29 is 13.2 Å². The number of hydrogen-bond acceptors (Lipinski definition) is 4. The standard InChI is InChI=1S/C13H21F3N4/c1-8(2)10-11(17-5)18-7-19-12(10)20(9(3)4)6-13(14,15)16/h7-9H,6H2,1-5H3,(H,17,18,19). The van der Waals surface area contributed by atoms with Gasteiger partial charge in [0.05, 0.1) is 0 Å². The predicted molar refractivity (Wildman–Crippen MR) is 74.2 cm³/mol. The third-order valence-corrected chi connectivity index (χ3v) is 2.92. The Morgan fingerprint density at radius 3 is 2.20 bits per heavy atom. The van der Waals surface area contributed by atoms with Crippen LogP contribution in [0, 0.1) is 0 Å². The van der Waals surface area contributed by atoms with Crippen LogP contribution in [-0.2, 0) is 0 Å². The molecular weight excluding hydrogens is 269 g/mol. The lowest BCUT2D eigenvalue weighted by atomic mass is 10.0. The molecule has 0 atom stereocenters. The van der Waals surface area contributed by atoms with Gasteiger partial charge in [0, 0.05) is 18.7 Å². The van der Waals surface area contributed by atoms with Crippen molar-refractivity contribution in [2.75, 3.05) is 23.8 Å². The first kappa shape index (κ1) is 16.5. The number of alkyl halides is 3. The molecule has 1 rings (SSSR count). The third-order valence-electron chi connectivity index (χ3n) is 2.92. The molecule has 0 spiro atoms. The maximum atomic E-state index is 12.8. The fourth-order valence-corrected chi connectivity index (χ4v) is 2.04. The Bertz CT molecular complexity index is 444. The lowest BCUT2D eigenvalue weighted by Crippen LogP contribution is -2.40. The van der Waals surface area contributed by atoms with Crippen LogP contribution in [0.25, 0.3) is 0 Å². The van der Waals surface area contributed by atoms with Crippen molar-refractivity contribution >= 4 is 11.6 Å². The van der Waals surface area contributed by atoms with Crippen molar-refractivity contribution in [2.24, 2.45) is 0 Å². The number of halogens is 3. The van der Waals surface area contributed by atoms with Crippen molar-refractivity contribution in [2.45, 2.75) is 45.8 Å². The molecule has 0 aromatic carbocycles. The molecule has 4 nitrogen and oxygen atoms in total. The Balaban J connectivity index is 3.33. The van der Waals surface area contributed by atoms with Crippen molar-refractivity contribution in [1.82, 2.24) is 9.97 Å². The van der Waals surface area contributed by atoms with Crippen LogP contribution in [0.1, 0.15) is 39.2 Å². The van der Waals surface area contributed by atoms with Crippen LogP contribution >= 0.6 is 0 Å². The summed E-state index contributed by atoms with van der Waals surface area (Å²) in [5.74, 6) is 0.924. The van der Waals surface area contributed by atoms with Crippen LogP contribution in [0.3, 0.4) is 0 Å². The van der Waals surface area contributed by atoms with Crippen molar-refractivity contribution in [3.63, 3.8) is 0 Å². The summed E-state index contributed by atoms with van der Waals surface area (Å²) in [7, 11) is 1.70. The monoisotopic (exact) mass is 290 g/mol. The number of hydrogen-bond donors (Lipinski definition) is 1. The molecule has 7 heteroatoms. The molecule has 1 aromatic heterocycles. The van der Waals surface area contributed by atoms with Gasteiger partial charge in [0.2, 0.25) is 0 Å². The molecule has 1 heterocycles. The average molecular weight is 290 g/mol. The Kier molecular flexibility index (Phi) is 5.19. The first-order valence-corrected chi connectivity index (χ1v) is 6.53. The van der Waals surface area contributed by atoms with Crippen molar-refractivity contribution in [3.05, 3.63) is 11.9 Å². The van der Waals surface area contributed by atoms with Crippen LogP contribution in [0.15, 0.2) is 6.33 Å². The summed E-state index contributed by atoms with van der Waals surface area (Å²) >= 11 is 0. The van der Waals surface area contributed by atoms with Crippen molar-refractivity contribution in [1.29, 1.82) is 0 Å². The van der Waals surface area contributed by atoms with E-state index in [4.69, 9.17) is 0 Å². The van der Waals surface area contributed by atoms with Gasteiger partial charge in [0.15, 0.2) is 0 Å². The van der Waals surface area contributed by atoms with E-state index in [2.05, 4.69) is 15.3 Å². The summed E-state index contributed by atoms with van der Waals surface area (Å²) in [4.78, 5) is 9.44. The minimum absolute atomic E-state index is 0.0168. The molecule has 1 N–H and O–H groups in total. The summed E-state index contributed by atoms with van der Waals surface area (Å²) < 4.78 is 38.3. The SMILES string of the molecule is CNc1ncnc(N(CC(F)(F)F)C(C)C)c1C(C)C. The van der Waals surface area contributed by atoms with Gasteiger partial charge >= 0.3 is 6.18 Å². The molecular formula is C13H21F3N4. The van der Waals surface area contributed by atoms with E-state index in [1.807, 2.05) is 13.8 Å². The van der Waals surface area contributed by atoms with Gasteiger partial charge < -0.3 is 10.2 Å². The van der Waals surface area contributed by atoms with Gasteiger partial charge in [0.25, 0.3) is 0 Å². The van der Waals surface area contributed by atoms with Crippen molar-refractivity contribution in [3.8, 4) is 0 Å². The molecule has 20 heavy (non-hydrogen) atoms.